The molecule has 5 nitrogen and oxygen atoms in total. The molecule has 1 unspecified atom stereocenters. The van der Waals surface area contributed by atoms with Gasteiger partial charge in [-0.15, -0.1) is 0 Å². The minimum absolute atomic E-state index is 0.0519. The third-order valence-electron chi connectivity index (χ3n) is 5.23. The highest BCUT2D eigenvalue weighted by atomic mass is 16.4. The highest BCUT2D eigenvalue weighted by Crippen LogP contribution is 2.31. The van der Waals surface area contributed by atoms with Gasteiger partial charge in [0.25, 0.3) is 0 Å². The fourth-order valence-corrected chi connectivity index (χ4v) is 3.83. The molecular formula is C16H28N2O3. The van der Waals surface area contributed by atoms with Gasteiger partial charge in [-0.25, -0.2) is 0 Å². The maximum Gasteiger partial charge on any atom is 0.306 e. The van der Waals surface area contributed by atoms with E-state index >= 15 is 0 Å². The van der Waals surface area contributed by atoms with E-state index in [-0.39, 0.29) is 17.7 Å². The Labute approximate surface area is 127 Å². The van der Waals surface area contributed by atoms with Crippen LogP contribution in [-0.2, 0) is 9.59 Å². The summed E-state index contributed by atoms with van der Waals surface area (Å²) in [6, 6.07) is 0.499. The van der Waals surface area contributed by atoms with Gasteiger partial charge in [-0.1, -0.05) is 13.8 Å². The Bertz CT molecular complexity index is 374. The molecule has 1 aliphatic carbocycles. The molecule has 1 amide bonds. The Hall–Kier alpha value is -1.10. The zero-order valence-electron chi connectivity index (χ0n) is 13.3. The summed E-state index contributed by atoms with van der Waals surface area (Å²) in [4.78, 5) is 28.0. The molecule has 0 bridgehead atoms. The van der Waals surface area contributed by atoms with E-state index in [4.69, 9.17) is 5.11 Å². The lowest BCUT2D eigenvalue weighted by molar-refractivity contribution is -0.145. The summed E-state index contributed by atoms with van der Waals surface area (Å²) in [6.07, 6.45) is 3.85. The summed E-state index contributed by atoms with van der Waals surface area (Å²) < 4.78 is 0. The average molecular weight is 296 g/mol. The normalized spacial score (nSPS) is 29.9. The fourth-order valence-electron chi connectivity index (χ4n) is 3.83. The molecule has 120 valence electrons. The van der Waals surface area contributed by atoms with Crippen LogP contribution in [0.25, 0.3) is 0 Å². The van der Waals surface area contributed by atoms with Crippen molar-refractivity contribution in [3.63, 3.8) is 0 Å². The zero-order valence-corrected chi connectivity index (χ0v) is 13.3. The second-order valence-corrected chi connectivity index (χ2v) is 6.33. The first-order valence-corrected chi connectivity index (χ1v) is 8.32. The maximum atomic E-state index is 12.6. The highest BCUT2D eigenvalue weighted by Gasteiger charge is 2.35. The predicted molar refractivity (Wildman–Crippen MR) is 81.0 cm³/mol. The molecule has 5 heteroatoms. The van der Waals surface area contributed by atoms with E-state index in [0.717, 1.165) is 45.4 Å². The molecule has 1 atom stereocenters. The number of nitrogens with zero attached hydrogens (tertiary/aromatic N) is 2. The first-order chi connectivity index (χ1) is 10.1. The topological polar surface area (TPSA) is 60.9 Å². The molecule has 1 aliphatic heterocycles. The maximum absolute atomic E-state index is 12.6. The largest absolute Gasteiger partial charge is 0.481 e. The van der Waals surface area contributed by atoms with Crippen LogP contribution in [0.2, 0.25) is 0 Å². The molecule has 1 saturated heterocycles. The minimum Gasteiger partial charge on any atom is -0.481 e. The summed E-state index contributed by atoms with van der Waals surface area (Å²) in [7, 11) is 0. The lowest BCUT2D eigenvalue weighted by Gasteiger charge is -2.30. The molecule has 0 aromatic heterocycles. The molecule has 0 radical (unpaired) electrons. The Morgan fingerprint density at radius 2 is 1.62 bits per heavy atom. The van der Waals surface area contributed by atoms with Crippen LogP contribution < -0.4 is 0 Å². The second-order valence-electron chi connectivity index (χ2n) is 6.33. The molecule has 0 aromatic rings. The van der Waals surface area contributed by atoms with Gasteiger partial charge >= 0.3 is 5.97 Å². The minimum atomic E-state index is -0.705. The van der Waals surface area contributed by atoms with Gasteiger partial charge in [0, 0.05) is 25.0 Å². The van der Waals surface area contributed by atoms with Gasteiger partial charge in [-0.05, 0) is 45.2 Å². The van der Waals surface area contributed by atoms with Crippen LogP contribution >= 0.6 is 0 Å². The average Bonchev–Trinajstić information content (AvgIpc) is 2.97. The van der Waals surface area contributed by atoms with E-state index in [1.807, 2.05) is 4.90 Å². The van der Waals surface area contributed by atoms with E-state index in [2.05, 4.69) is 18.7 Å². The molecule has 0 aromatic carbocycles. The Morgan fingerprint density at radius 3 is 2.14 bits per heavy atom. The van der Waals surface area contributed by atoms with Crippen molar-refractivity contribution in [2.24, 2.45) is 11.8 Å². The first kappa shape index (κ1) is 16.3. The summed E-state index contributed by atoms with van der Waals surface area (Å²) in [5.41, 5.74) is 0. The molecule has 1 saturated carbocycles. The SMILES string of the molecule is CCN(CC)C1CCN(C(=O)C2CCC(C(=O)O)CC2)C1. The fraction of sp³-hybridized carbons (Fsp3) is 0.875. The number of rotatable bonds is 5. The van der Waals surface area contributed by atoms with E-state index in [9.17, 15) is 9.59 Å². The molecule has 21 heavy (non-hydrogen) atoms. The van der Waals surface area contributed by atoms with Crippen molar-refractivity contribution in [2.45, 2.75) is 52.0 Å². The van der Waals surface area contributed by atoms with Crippen molar-refractivity contribution < 1.29 is 14.7 Å². The van der Waals surface area contributed by atoms with Crippen LogP contribution in [0.15, 0.2) is 0 Å². The van der Waals surface area contributed by atoms with Crippen molar-refractivity contribution in [3.05, 3.63) is 0 Å². The lowest BCUT2D eigenvalue weighted by Crippen LogP contribution is -2.41. The monoisotopic (exact) mass is 296 g/mol. The van der Waals surface area contributed by atoms with Gasteiger partial charge in [-0.2, -0.15) is 0 Å². The summed E-state index contributed by atoms with van der Waals surface area (Å²) in [5.74, 6) is -0.635. The van der Waals surface area contributed by atoms with Gasteiger partial charge in [0.05, 0.1) is 5.92 Å². The van der Waals surface area contributed by atoms with Crippen molar-refractivity contribution in [3.8, 4) is 0 Å². The Kier molecular flexibility index (Phi) is 5.62. The summed E-state index contributed by atoms with van der Waals surface area (Å²) >= 11 is 0. The smallest absolute Gasteiger partial charge is 0.306 e. The van der Waals surface area contributed by atoms with Gasteiger partial charge in [0.15, 0.2) is 0 Å². The zero-order chi connectivity index (χ0) is 15.4. The van der Waals surface area contributed by atoms with Gasteiger partial charge in [-0.3, -0.25) is 14.5 Å². The summed E-state index contributed by atoms with van der Waals surface area (Å²) in [5, 5.41) is 9.02. The van der Waals surface area contributed by atoms with E-state index in [1.54, 1.807) is 0 Å². The van der Waals surface area contributed by atoms with Crippen molar-refractivity contribution in [1.29, 1.82) is 0 Å². The van der Waals surface area contributed by atoms with Crippen molar-refractivity contribution >= 4 is 11.9 Å². The highest BCUT2D eigenvalue weighted by molar-refractivity contribution is 5.79. The van der Waals surface area contributed by atoms with Crippen LogP contribution in [0.4, 0.5) is 0 Å². The standard InChI is InChI=1S/C16H28N2O3/c1-3-17(4-2)14-9-10-18(11-14)15(19)12-5-7-13(8-6-12)16(20)21/h12-14H,3-11H2,1-2H3,(H,20,21). The van der Waals surface area contributed by atoms with Gasteiger partial charge in [0.2, 0.25) is 5.91 Å². The Morgan fingerprint density at radius 1 is 1.05 bits per heavy atom. The van der Waals surface area contributed by atoms with E-state index in [1.165, 1.54) is 0 Å². The van der Waals surface area contributed by atoms with E-state index in [0.29, 0.717) is 18.9 Å². The number of carboxylic acids is 1. The predicted octanol–water partition coefficient (Wildman–Crippen LogP) is 1.82. The van der Waals surface area contributed by atoms with Gasteiger partial charge in [0.1, 0.15) is 0 Å². The van der Waals surface area contributed by atoms with Gasteiger partial charge < -0.3 is 10.0 Å². The molecule has 0 spiro atoms. The van der Waals surface area contributed by atoms with Crippen LogP contribution in [0.3, 0.4) is 0 Å². The van der Waals surface area contributed by atoms with Crippen LogP contribution in [0.5, 0.6) is 0 Å². The van der Waals surface area contributed by atoms with Crippen LogP contribution in [0, 0.1) is 11.8 Å². The number of likely N-dealkylation sites (tertiary alicyclic amines) is 1. The number of hydrogen-bond donors (Lipinski definition) is 1. The van der Waals surface area contributed by atoms with Crippen molar-refractivity contribution in [2.75, 3.05) is 26.2 Å². The molecule has 2 aliphatic rings. The molecule has 1 N–H and O–H groups in total. The number of aliphatic carboxylic acids is 1. The summed E-state index contributed by atoms with van der Waals surface area (Å²) in [6.45, 7) is 8.11. The van der Waals surface area contributed by atoms with E-state index < -0.39 is 5.97 Å². The number of amides is 1. The number of hydrogen-bond acceptors (Lipinski definition) is 3. The Balaban J connectivity index is 1.84. The second kappa shape index (κ2) is 7.25. The first-order valence-electron chi connectivity index (χ1n) is 8.32. The number of carbonyl (C=O) groups excluding carboxylic acids is 1. The quantitative estimate of drug-likeness (QED) is 0.840. The van der Waals surface area contributed by atoms with Crippen LogP contribution in [0.1, 0.15) is 46.0 Å². The molecule has 1 heterocycles. The lowest BCUT2D eigenvalue weighted by atomic mass is 9.81. The number of carboxylic acid groups (broad SMARTS) is 1. The molecule has 2 fully saturated rings. The number of carbonyl (C=O) groups is 2. The molecule has 2 rings (SSSR count). The third kappa shape index (κ3) is 3.76. The molecular weight excluding hydrogens is 268 g/mol. The number of likely N-dealkylation sites (N-methyl/N-ethyl adjacent to an activating group) is 1. The van der Waals surface area contributed by atoms with Crippen molar-refractivity contribution in [1.82, 2.24) is 9.80 Å². The van der Waals surface area contributed by atoms with Crippen LogP contribution in [-0.4, -0.2) is 59.0 Å². The third-order valence-corrected chi connectivity index (χ3v) is 5.23.